The van der Waals surface area contributed by atoms with Crippen LogP contribution in [0.5, 0.6) is 5.88 Å². The van der Waals surface area contributed by atoms with E-state index >= 15 is 0 Å². The fraction of sp³-hybridized carbons (Fsp3) is 0.550. The van der Waals surface area contributed by atoms with Crippen LogP contribution in [0, 0.1) is 13.8 Å². The molecule has 8 nitrogen and oxygen atoms in total. The van der Waals surface area contributed by atoms with Gasteiger partial charge in [-0.05, 0) is 50.3 Å². The molecule has 1 unspecified atom stereocenters. The van der Waals surface area contributed by atoms with E-state index in [1.807, 2.05) is 18.5 Å². The lowest BCUT2D eigenvalue weighted by atomic mass is 10.1. The van der Waals surface area contributed by atoms with E-state index in [4.69, 9.17) is 26.8 Å². The number of anilines is 1. The van der Waals surface area contributed by atoms with Gasteiger partial charge < -0.3 is 19.8 Å². The lowest BCUT2D eigenvalue weighted by Crippen LogP contribution is -2.14. The highest BCUT2D eigenvalue weighted by Gasteiger charge is 2.19. The Hall–Kier alpha value is -2.32. The molecule has 0 aromatic carbocycles. The molecule has 0 aliphatic heterocycles. The molecule has 0 saturated heterocycles. The first-order valence-electron chi connectivity index (χ1n) is 9.90. The minimum absolute atomic E-state index is 0.244. The Morgan fingerprint density at radius 3 is 2.79 bits per heavy atom. The quantitative estimate of drug-likeness (QED) is 0.394. The van der Waals surface area contributed by atoms with Crippen molar-refractivity contribution in [3.8, 4) is 5.88 Å². The predicted molar refractivity (Wildman–Crippen MR) is 115 cm³/mol. The molecule has 2 N–H and O–H groups in total. The summed E-state index contributed by atoms with van der Waals surface area (Å²) in [4.78, 5) is 8.41. The molecule has 158 valence electrons. The first-order chi connectivity index (χ1) is 14.0. The van der Waals surface area contributed by atoms with Crippen molar-refractivity contribution >= 4 is 28.3 Å². The molecular formula is C20H29ClN6O2. The van der Waals surface area contributed by atoms with Crippen molar-refractivity contribution in [2.24, 2.45) is 0 Å². The third-order valence-electron chi connectivity index (χ3n) is 5.20. The van der Waals surface area contributed by atoms with Gasteiger partial charge in [0.1, 0.15) is 11.3 Å². The Bertz CT molecular complexity index is 968. The second kappa shape index (κ2) is 9.45. The van der Waals surface area contributed by atoms with Crippen molar-refractivity contribution in [2.75, 3.05) is 26.1 Å². The van der Waals surface area contributed by atoms with Crippen LogP contribution >= 0.6 is 11.6 Å². The summed E-state index contributed by atoms with van der Waals surface area (Å²) in [6.07, 6.45) is 6.45. The normalized spacial score (nSPS) is 12.6. The van der Waals surface area contributed by atoms with Gasteiger partial charge in [-0.15, -0.1) is 5.10 Å². The lowest BCUT2D eigenvalue weighted by Gasteiger charge is -2.16. The van der Waals surface area contributed by atoms with E-state index in [1.54, 1.807) is 13.3 Å². The molecule has 0 aliphatic carbocycles. The molecule has 0 bridgehead atoms. The predicted octanol–water partition coefficient (Wildman–Crippen LogP) is 3.94. The van der Waals surface area contributed by atoms with Crippen molar-refractivity contribution < 1.29 is 9.47 Å². The molecule has 3 aromatic rings. The van der Waals surface area contributed by atoms with Gasteiger partial charge in [0.2, 0.25) is 5.28 Å². The molecular weight excluding hydrogens is 392 g/mol. The fourth-order valence-electron chi connectivity index (χ4n) is 3.51. The molecule has 0 fully saturated rings. The molecule has 0 radical (unpaired) electrons. The Kier molecular flexibility index (Phi) is 6.97. The Morgan fingerprint density at radius 1 is 1.28 bits per heavy atom. The molecule has 9 heteroatoms. The van der Waals surface area contributed by atoms with Gasteiger partial charge in [0.25, 0.3) is 5.88 Å². The number of nitrogens with two attached hydrogens (primary N) is 1. The summed E-state index contributed by atoms with van der Waals surface area (Å²) in [7, 11) is 1.71. The van der Waals surface area contributed by atoms with Crippen LogP contribution in [-0.2, 0) is 11.3 Å². The van der Waals surface area contributed by atoms with Gasteiger partial charge in [-0.2, -0.15) is 4.98 Å². The van der Waals surface area contributed by atoms with E-state index in [9.17, 15) is 0 Å². The van der Waals surface area contributed by atoms with Crippen LogP contribution in [0.2, 0.25) is 5.28 Å². The zero-order valence-corrected chi connectivity index (χ0v) is 18.2. The SMILES string of the molecule is CCC(CCOC)n1nc(OCCCn2cc(C)c3cnc(Cl)nc32)c(N)c1C. The lowest BCUT2D eigenvalue weighted by molar-refractivity contribution is 0.173. The van der Waals surface area contributed by atoms with E-state index < -0.39 is 0 Å². The van der Waals surface area contributed by atoms with Crippen molar-refractivity contribution in [3.05, 3.63) is 28.9 Å². The number of nitrogen functional groups attached to an aromatic ring is 1. The smallest absolute Gasteiger partial charge is 0.256 e. The highest BCUT2D eigenvalue weighted by molar-refractivity contribution is 6.28. The minimum Gasteiger partial charge on any atom is -0.475 e. The standard InChI is InChI=1S/C20H29ClN6O2/c1-5-15(7-10-28-4)27-14(3)17(22)19(25-27)29-9-6-8-26-12-13(2)16-11-23-20(21)24-18(16)26/h11-12,15H,5-10,22H2,1-4H3. The van der Waals surface area contributed by atoms with Crippen LogP contribution < -0.4 is 10.5 Å². The average Bonchev–Trinajstić information content (AvgIpc) is 3.17. The molecule has 3 rings (SSSR count). The second-order valence-electron chi connectivity index (χ2n) is 7.18. The van der Waals surface area contributed by atoms with E-state index in [1.165, 1.54) is 0 Å². The zero-order chi connectivity index (χ0) is 21.0. The largest absolute Gasteiger partial charge is 0.475 e. The summed E-state index contributed by atoms with van der Waals surface area (Å²) in [6, 6.07) is 0.244. The van der Waals surface area contributed by atoms with Gasteiger partial charge in [0.15, 0.2) is 0 Å². The molecule has 0 spiro atoms. The number of fused-ring (bicyclic) bond motifs is 1. The number of halogens is 1. The highest BCUT2D eigenvalue weighted by atomic mass is 35.5. The second-order valence-corrected chi connectivity index (χ2v) is 7.51. The maximum atomic E-state index is 6.24. The summed E-state index contributed by atoms with van der Waals surface area (Å²) >= 11 is 5.95. The van der Waals surface area contributed by atoms with Crippen LogP contribution in [0.3, 0.4) is 0 Å². The van der Waals surface area contributed by atoms with Crippen molar-refractivity contribution in [2.45, 2.75) is 52.6 Å². The number of ether oxygens (including phenoxy) is 2. The third-order valence-corrected chi connectivity index (χ3v) is 5.38. The summed E-state index contributed by atoms with van der Waals surface area (Å²) in [5, 5.41) is 5.87. The number of methoxy groups -OCH3 is 1. The van der Waals surface area contributed by atoms with Crippen LogP contribution in [0.4, 0.5) is 5.69 Å². The van der Waals surface area contributed by atoms with Gasteiger partial charge in [0.05, 0.1) is 18.3 Å². The van der Waals surface area contributed by atoms with E-state index in [0.29, 0.717) is 24.8 Å². The van der Waals surface area contributed by atoms with Crippen LogP contribution in [-0.4, -0.2) is 44.6 Å². The molecule has 3 aromatic heterocycles. The summed E-state index contributed by atoms with van der Waals surface area (Å²) in [5.74, 6) is 0.497. The van der Waals surface area contributed by atoms with Crippen LogP contribution in [0.15, 0.2) is 12.4 Å². The summed E-state index contributed by atoms with van der Waals surface area (Å²) < 4.78 is 15.2. The number of hydrogen-bond acceptors (Lipinski definition) is 6. The maximum Gasteiger partial charge on any atom is 0.256 e. The van der Waals surface area contributed by atoms with Gasteiger partial charge in [-0.25, -0.2) is 4.98 Å². The van der Waals surface area contributed by atoms with Gasteiger partial charge in [-0.1, -0.05) is 6.92 Å². The van der Waals surface area contributed by atoms with Crippen molar-refractivity contribution in [1.82, 2.24) is 24.3 Å². The van der Waals surface area contributed by atoms with Crippen LogP contribution in [0.25, 0.3) is 11.0 Å². The fourth-order valence-corrected chi connectivity index (χ4v) is 3.64. The van der Waals surface area contributed by atoms with Crippen molar-refractivity contribution in [1.29, 1.82) is 0 Å². The monoisotopic (exact) mass is 420 g/mol. The van der Waals surface area contributed by atoms with Gasteiger partial charge in [-0.3, -0.25) is 4.68 Å². The first kappa shape index (κ1) is 21.4. The summed E-state index contributed by atoms with van der Waals surface area (Å²) in [6.45, 7) is 8.10. The molecule has 0 amide bonds. The number of nitrogens with zero attached hydrogens (tertiary/aromatic N) is 5. The molecule has 3 heterocycles. The number of rotatable bonds is 10. The Balaban J connectivity index is 1.63. The van der Waals surface area contributed by atoms with Gasteiger partial charge >= 0.3 is 0 Å². The van der Waals surface area contributed by atoms with E-state index in [-0.39, 0.29) is 11.3 Å². The zero-order valence-electron chi connectivity index (χ0n) is 17.5. The van der Waals surface area contributed by atoms with E-state index in [0.717, 1.165) is 48.1 Å². The highest BCUT2D eigenvalue weighted by Crippen LogP contribution is 2.29. The molecule has 0 saturated carbocycles. The Labute approximate surface area is 176 Å². The topological polar surface area (TPSA) is 93.0 Å². The van der Waals surface area contributed by atoms with Gasteiger partial charge in [0, 0.05) is 38.0 Å². The Morgan fingerprint density at radius 2 is 2.07 bits per heavy atom. The number of aromatic nitrogens is 5. The van der Waals surface area contributed by atoms with Crippen molar-refractivity contribution in [3.63, 3.8) is 0 Å². The molecule has 0 aliphatic rings. The minimum atomic E-state index is 0.244. The number of hydrogen-bond donors (Lipinski definition) is 1. The first-order valence-corrected chi connectivity index (χ1v) is 10.3. The average molecular weight is 421 g/mol. The van der Waals surface area contributed by atoms with Crippen LogP contribution in [0.1, 0.15) is 43.5 Å². The maximum absolute atomic E-state index is 6.24. The number of aryl methyl sites for hydroxylation is 2. The molecule has 1 atom stereocenters. The summed E-state index contributed by atoms with van der Waals surface area (Å²) in [5.41, 5.74) is 9.73. The molecule has 29 heavy (non-hydrogen) atoms. The van der Waals surface area contributed by atoms with E-state index in [2.05, 4.69) is 32.8 Å². The third kappa shape index (κ3) is 4.64.